The summed E-state index contributed by atoms with van der Waals surface area (Å²) in [6.45, 7) is 8.00. The van der Waals surface area contributed by atoms with E-state index in [1.54, 1.807) is 11.1 Å². The first kappa shape index (κ1) is 17.2. The summed E-state index contributed by atoms with van der Waals surface area (Å²) in [6, 6.07) is 1.45. The molecule has 2 fully saturated rings. The van der Waals surface area contributed by atoms with E-state index < -0.39 is 9.84 Å². The molecule has 1 aromatic rings. The van der Waals surface area contributed by atoms with Gasteiger partial charge in [0.25, 0.3) is 5.91 Å². The first-order chi connectivity index (χ1) is 11.3. The van der Waals surface area contributed by atoms with E-state index in [1.165, 1.54) is 5.57 Å². The van der Waals surface area contributed by atoms with Gasteiger partial charge in [0.15, 0.2) is 9.84 Å². The molecule has 2 atom stereocenters. The Kier molecular flexibility index (Phi) is 4.57. The molecule has 2 aliphatic heterocycles. The van der Waals surface area contributed by atoms with Crippen molar-refractivity contribution in [1.82, 2.24) is 14.8 Å². The second-order valence-electron chi connectivity index (χ2n) is 7.08. The van der Waals surface area contributed by atoms with Crippen LogP contribution in [0.2, 0.25) is 0 Å². The summed E-state index contributed by atoms with van der Waals surface area (Å²) < 4.78 is 24.4. The number of allylic oxidation sites excluding steroid dienone is 1. The third kappa shape index (κ3) is 3.42. The van der Waals surface area contributed by atoms with Gasteiger partial charge in [-0.1, -0.05) is 11.6 Å². The number of nitrogens with one attached hydrogen (secondary N) is 1. The van der Waals surface area contributed by atoms with Gasteiger partial charge in [0, 0.05) is 31.9 Å². The molecule has 6 nitrogen and oxygen atoms in total. The number of hydrogen-bond acceptors (Lipinski definition) is 4. The van der Waals surface area contributed by atoms with Gasteiger partial charge in [0.2, 0.25) is 0 Å². The topological polar surface area (TPSA) is 73.5 Å². The minimum atomic E-state index is -3.11. The summed E-state index contributed by atoms with van der Waals surface area (Å²) in [5, 5.41) is 0. The van der Waals surface area contributed by atoms with Crippen LogP contribution in [0.15, 0.2) is 23.9 Å². The van der Waals surface area contributed by atoms with Crippen LogP contribution in [0.5, 0.6) is 0 Å². The van der Waals surface area contributed by atoms with Gasteiger partial charge in [-0.15, -0.1) is 0 Å². The molecule has 132 valence electrons. The molecule has 0 radical (unpaired) electrons. The van der Waals surface area contributed by atoms with Crippen molar-refractivity contribution in [3.63, 3.8) is 0 Å². The number of amides is 1. The van der Waals surface area contributed by atoms with Crippen molar-refractivity contribution in [2.45, 2.75) is 32.9 Å². The smallest absolute Gasteiger partial charge is 0.270 e. The van der Waals surface area contributed by atoms with E-state index in [0.717, 1.165) is 12.1 Å². The number of carbonyl (C=O) groups excluding carboxylic acids is 1. The van der Waals surface area contributed by atoms with E-state index in [0.29, 0.717) is 18.8 Å². The molecule has 24 heavy (non-hydrogen) atoms. The maximum Gasteiger partial charge on any atom is 0.270 e. The molecule has 0 spiro atoms. The summed E-state index contributed by atoms with van der Waals surface area (Å²) in [7, 11) is -3.11. The van der Waals surface area contributed by atoms with Gasteiger partial charge in [0.1, 0.15) is 5.69 Å². The maximum absolute atomic E-state index is 12.8. The SMILES string of the molecule is CC(C)=CCN1CCN(C(=O)c2cc(C)c[nH]2)[C@H]2CS(=O)(=O)C[C@H]21. The van der Waals surface area contributed by atoms with Crippen molar-refractivity contribution < 1.29 is 13.2 Å². The number of sulfone groups is 1. The number of carbonyl (C=O) groups is 1. The molecular weight excluding hydrogens is 326 g/mol. The molecule has 0 aromatic carbocycles. The Labute approximate surface area is 143 Å². The highest BCUT2D eigenvalue weighted by Crippen LogP contribution is 2.28. The quantitative estimate of drug-likeness (QED) is 0.831. The van der Waals surface area contributed by atoms with Crippen LogP contribution in [0.3, 0.4) is 0 Å². The molecule has 1 aromatic heterocycles. The second kappa shape index (κ2) is 6.37. The molecule has 0 unspecified atom stereocenters. The van der Waals surface area contributed by atoms with Crippen LogP contribution in [0.4, 0.5) is 0 Å². The number of piperazine rings is 1. The monoisotopic (exact) mass is 351 g/mol. The predicted molar refractivity (Wildman–Crippen MR) is 93.8 cm³/mol. The molecule has 1 amide bonds. The lowest BCUT2D eigenvalue weighted by atomic mass is 10.0. The molecule has 7 heteroatoms. The normalized spacial score (nSPS) is 26.2. The van der Waals surface area contributed by atoms with E-state index in [2.05, 4.69) is 16.0 Å². The number of fused-ring (bicyclic) bond motifs is 1. The third-order valence-corrected chi connectivity index (χ3v) is 6.54. The lowest BCUT2D eigenvalue weighted by molar-refractivity contribution is 0.0364. The Morgan fingerprint density at radius 2 is 2.00 bits per heavy atom. The number of nitrogens with zero attached hydrogens (tertiary/aromatic N) is 2. The predicted octanol–water partition coefficient (Wildman–Crippen LogP) is 1.21. The van der Waals surface area contributed by atoms with Crippen LogP contribution in [0.1, 0.15) is 29.9 Å². The Bertz CT molecular complexity index is 762. The summed E-state index contributed by atoms with van der Waals surface area (Å²) in [5.41, 5.74) is 2.75. The van der Waals surface area contributed by atoms with Crippen LogP contribution in [0.25, 0.3) is 0 Å². The van der Waals surface area contributed by atoms with Gasteiger partial charge in [-0.25, -0.2) is 8.42 Å². The molecule has 2 saturated heterocycles. The minimum Gasteiger partial charge on any atom is -0.357 e. The van der Waals surface area contributed by atoms with E-state index in [1.807, 2.05) is 26.8 Å². The number of H-pyrrole nitrogens is 1. The van der Waals surface area contributed by atoms with Crippen LogP contribution in [-0.2, 0) is 9.84 Å². The number of aryl methyl sites for hydroxylation is 1. The fourth-order valence-electron chi connectivity index (χ4n) is 3.58. The zero-order valence-electron chi connectivity index (χ0n) is 14.4. The summed E-state index contributed by atoms with van der Waals surface area (Å²) in [5.74, 6) is 0.105. The first-order valence-electron chi connectivity index (χ1n) is 8.30. The largest absolute Gasteiger partial charge is 0.357 e. The Hall–Kier alpha value is -1.60. The fourth-order valence-corrected chi connectivity index (χ4v) is 5.60. The third-order valence-electron chi connectivity index (χ3n) is 4.84. The number of hydrogen-bond donors (Lipinski definition) is 1. The summed E-state index contributed by atoms with van der Waals surface area (Å²) in [4.78, 5) is 19.7. The van der Waals surface area contributed by atoms with Crippen LogP contribution >= 0.6 is 0 Å². The number of aromatic nitrogens is 1. The van der Waals surface area contributed by atoms with Crippen molar-refractivity contribution in [2.24, 2.45) is 0 Å². The van der Waals surface area contributed by atoms with Crippen molar-refractivity contribution in [3.05, 3.63) is 35.2 Å². The lowest BCUT2D eigenvalue weighted by Crippen LogP contribution is -2.60. The molecule has 0 saturated carbocycles. The standard InChI is InChI=1S/C17H25N3O3S/c1-12(2)4-5-19-6-7-20(16-11-24(22,23)10-15(16)19)17(21)14-8-13(3)9-18-14/h4,8-9,15-16,18H,5-7,10-11H2,1-3H3/t15-,16+/m1/s1. The summed E-state index contributed by atoms with van der Waals surface area (Å²) >= 11 is 0. The molecule has 1 N–H and O–H groups in total. The molecule has 2 aliphatic rings. The van der Waals surface area contributed by atoms with Crippen LogP contribution in [0, 0.1) is 6.92 Å². The van der Waals surface area contributed by atoms with Gasteiger partial charge in [-0.3, -0.25) is 9.69 Å². The molecule has 3 heterocycles. The summed E-state index contributed by atoms with van der Waals surface area (Å²) in [6.07, 6.45) is 3.91. The maximum atomic E-state index is 12.8. The van der Waals surface area contributed by atoms with E-state index in [-0.39, 0.29) is 29.5 Å². The van der Waals surface area contributed by atoms with Gasteiger partial charge in [-0.05, 0) is 32.4 Å². The molecule has 0 aliphatic carbocycles. The Balaban J connectivity index is 1.84. The lowest BCUT2D eigenvalue weighted by Gasteiger charge is -2.43. The Morgan fingerprint density at radius 3 is 2.62 bits per heavy atom. The van der Waals surface area contributed by atoms with Gasteiger partial charge < -0.3 is 9.88 Å². The minimum absolute atomic E-state index is 0.0639. The van der Waals surface area contributed by atoms with Crippen molar-refractivity contribution in [2.75, 3.05) is 31.1 Å². The van der Waals surface area contributed by atoms with Gasteiger partial charge >= 0.3 is 0 Å². The zero-order valence-corrected chi connectivity index (χ0v) is 15.3. The second-order valence-corrected chi connectivity index (χ2v) is 9.23. The van der Waals surface area contributed by atoms with Gasteiger partial charge in [-0.2, -0.15) is 0 Å². The molecule has 0 bridgehead atoms. The zero-order chi connectivity index (χ0) is 17.5. The fraction of sp³-hybridized carbons (Fsp3) is 0.588. The highest BCUT2D eigenvalue weighted by atomic mass is 32.2. The molecular formula is C17H25N3O3S. The Morgan fingerprint density at radius 1 is 1.29 bits per heavy atom. The van der Waals surface area contributed by atoms with E-state index >= 15 is 0 Å². The highest BCUT2D eigenvalue weighted by molar-refractivity contribution is 7.91. The van der Waals surface area contributed by atoms with Crippen molar-refractivity contribution in [1.29, 1.82) is 0 Å². The van der Waals surface area contributed by atoms with E-state index in [4.69, 9.17) is 0 Å². The number of rotatable bonds is 3. The first-order valence-corrected chi connectivity index (χ1v) is 10.1. The highest BCUT2D eigenvalue weighted by Gasteiger charge is 2.47. The number of aromatic amines is 1. The van der Waals surface area contributed by atoms with Crippen LogP contribution < -0.4 is 0 Å². The molecule has 3 rings (SSSR count). The van der Waals surface area contributed by atoms with Crippen molar-refractivity contribution >= 4 is 15.7 Å². The van der Waals surface area contributed by atoms with Crippen molar-refractivity contribution in [3.8, 4) is 0 Å². The average molecular weight is 351 g/mol. The van der Waals surface area contributed by atoms with E-state index in [9.17, 15) is 13.2 Å². The van der Waals surface area contributed by atoms with Crippen LogP contribution in [-0.4, -0.2) is 72.3 Å². The average Bonchev–Trinajstić information content (AvgIpc) is 3.06. The van der Waals surface area contributed by atoms with Gasteiger partial charge in [0.05, 0.1) is 17.5 Å².